The molecule has 100 valence electrons. The molecular formula is C13H16N4O2. The molecule has 0 spiro atoms. The lowest BCUT2D eigenvalue weighted by molar-refractivity contribution is -0.384. The van der Waals surface area contributed by atoms with Crippen LogP contribution in [0.2, 0.25) is 0 Å². The maximum absolute atomic E-state index is 10.7. The lowest BCUT2D eigenvalue weighted by atomic mass is 10.0. The fourth-order valence-corrected chi connectivity index (χ4v) is 2.30. The molecule has 0 saturated heterocycles. The van der Waals surface area contributed by atoms with Gasteiger partial charge in [-0.2, -0.15) is 0 Å². The standard InChI is InChI=1S/C13H16N4O2/c1-2-13(5-6-13)8-14-12-15-10-4-3-9(17(18)19)7-11(10)16-12/h3-4,7H,2,5-6,8H2,1H3,(H2,14,15,16). The van der Waals surface area contributed by atoms with E-state index in [-0.39, 0.29) is 5.69 Å². The van der Waals surface area contributed by atoms with Crippen LogP contribution in [0.15, 0.2) is 18.2 Å². The van der Waals surface area contributed by atoms with E-state index < -0.39 is 4.92 Å². The van der Waals surface area contributed by atoms with Crippen molar-refractivity contribution in [1.82, 2.24) is 9.97 Å². The Morgan fingerprint density at radius 2 is 2.32 bits per heavy atom. The summed E-state index contributed by atoms with van der Waals surface area (Å²) < 4.78 is 0. The SMILES string of the molecule is CCC1(CNc2nc3ccc([N+](=O)[O-])cc3[nH]2)CC1. The second-order valence-corrected chi connectivity index (χ2v) is 5.25. The number of nitro groups is 1. The molecule has 3 rings (SSSR count). The summed E-state index contributed by atoms with van der Waals surface area (Å²) in [4.78, 5) is 17.8. The van der Waals surface area contributed by atoms with Gasteiger partial charge >= 0.3 is 0 Å². The first-order chi connectivity index (χ1) is 9.12. The van der Waals surface area contributed by atoms with Gasteiger partial charge in [0.1, 0.15) is 0 Å². The van der Waals surface area contributed by atoms with Gasteiger partial charge in [0.2, 0.25) is 5.95 Å². The number of hydrogen-bond donors (Lipinski definition) is 2. The molecule has 6 heteroatoms. The molecule has 6 nitrogen and oxygen atoms in total. The zero-order chi connectivity index (χ0) is 13.5. The van der Waals surface area contributed by atoms with Crippen LogP contribution in [0.1, 0.15) is 26.2 Å². The molecule has 19 heavy (non-hydrogen) atoms. The first-order valence-corrected chi connectivity index (χ1v) is 6.50. The normalized spacial score (nSPS) is 16.5. The Labute approximate surface area is 110 Å². The van der Waals surface area contributed by atoms with Crippen LogP contribution in [-0.4, -0.2) is 21.4 Å². The van der Waals surface area contributed by atoms with E-state index in [0.717, 1.165) is 12.1 Å². The van der Waals surface area contributed by atoms with E-state index in [4.69, 9.17) is 0 Å². The molecule has 1 heterocycles. The topological polar surface area (TPSA) is 83.8 Å². The molecule has 0 unspecified atom stereocenters. The highest BCUT2D eigenvalue weighted by Gasteiger charge is 2.40. The fraction of sp³-hybridized carbons (Fsp3) is 0.462. The summed E-state index contributed by atoms with van der Waals surface area (Å²) in [6, 6.07) is 4.66. The molecule has 0 radical (unpaired) electrons. The third-order valence-electron chi connectivity index (χ3n) is 4.01. The number of nitrogens with zero attached hydrogens (tertiary/aromatic N) is 2. The minimum absolute atomic E-state index is 0.0786. The van der Waals surface area contributed by atoms with Crippen molar-refractivity contribution in [2.24, 2.45) is 5.41 Å². The highest BCUT2D eigenvalue weighted by atomic mass is 16.6. The van der Waals surface area contributed by atoms with Crippen LogP contribution < -0.4 is 5.32 Å². The lowest BCUT2D eigenvalue weighted by Crippen LogP contribution is -2.14. The van der Waals surface area contributed by atoms with E-state index in [1.165, 1.54) is 31.4 Å². The maximum Gasteiger partial charge on any atom is 0.271 e. The van der Waals surface area contributed by atoms with Crippen LogP contribution >= 0.6 is 0 Å². The summed E-state index contributed by atoms with van der Waals surface area (Å²) in [5.41, 5.74) is 1.95. The molecule has 1 aromatic heterocycles. The monoisotopic (exact) mass is 260 g/mol. The van der Waals surface area contributed by atoms with Crippen molar-refractivity contribution < 1.29 is 4.92 Å². The van der Waals surface area contributed by atoms with Crippen molar-refractivity contribution >= 4 is 22.7 Å². The van der Waals surface area contributed by atoms with Gasteiger partial charge in [-0.05, 0) is 30.7 Å². The highest BCUT2D eigenvalue weighted by Crippen LogP contribution is 2.48. The predicted molar refractivity (Wildman–Crippen MR) is 73.2 cm³/mol. The third-order valence-corrected chi connectivity index (χ3v) is 4.01. The van der Waals surface area contributed by atoms with E-state index in [1.54, 1.807) is 6.07 Å². The van der Waals surface area contributed by atoms with Crippen molar-refractivity contribution in [3.8, 4) is 0 Å². The summed E-state index contributed by atoms with van der Waals surface area (Å²) in [6.07, 6.45) is 3.70. The second-order valence-electron chi connectivity index (χ2n) is 5.25. The zero-order valence-electron chi connectivity index (χ0n) is 10.8. The first-order valence-electron chi connectivity index (χ1n) is 6.50. The smallest absolute Gasteiger partial charge is 0.271 e. The van der Waals surface area contributed by atoms with E-state index in [0.29, 0.717) is 16.9 Å². The van der Waals surface area contributed by atoms with Gasteiger partial charge in [-0.3, -0.25) is 10.1 Å². The summed E-state index contributed by atoms with van der Waals surface area (Å²) >= 11 is 0. The largest absolute Gasteiger partial charge is 0.355 e. The van der Waals surface area contributed by atoms with E-state index in [9.17, 15) is 10.1 Å². The highest BCUT2D eigenvalue weighted by molar-refractivity contribution is 5.79. The summed E-state index contributed by atoms with van der Waals surface area (Å²) in [7, 11) is 0. The molecule has 1 fully saturated rings. The molecule has 2 aromatic rings. The van der Waals surface area contributed by atoms with E-state index >= 15 is 0 Å². The van der Waals surface area contributed by atoms with Gasteiger partial charge in [0.15, 0.2) is 0 Å². The van der Waals surface area contributed by atoms with E-state index in [2.05, 4.69) is 22.2 Å². The van der Waals surface area contributed by atoms with Crippen molar-refractivity contribution in [1.29, 1.82) is 0 Å². The summed E-state index contributed by atoms with van der Waals surface area (Å²) in [5.74, 6) is 0.690. The van der Waals surface area contributed by atoms with Crippen molar-refractivity contribution in [2.45, 2.75) is 26.2 Å². The Hall–Kier alpha value is -2.11. The number of nitro benzene ring substituents is 1. The third kappa shape index (κ3) is 2.25. The van der Waals surface area contributed by atoms with Gasteiger partial charge in [-0.1, -0.05) is 6.92 Å². The number of hydrogen-bond acceptors (Lipinski definition) is 4. The summed E-state index contributed by atoms with van der Waals surface area (Å²) in [6.45, 7) is 3.11. The number of imidazole rings is 1. The molecule has 0 aliphatic heterocycles. The number of fused-ring (bicyclic) bond motifs is 1. The number of non-ortho nitro benzene ring substituents is 1. The molecule has 0 bridgehead atoms. The van der Waals surface area contributed by atoms with Gasteiger partial charge in [0.25, 0.3) is 5.69 Å². The fourth-order valence-electron chi connectivity index (χ4n) is 2.30. The Morgan fingerprint density at radius 1 is 1.53 bits per heavy atom. The van der Waals surface area contributed by atoms with Gasteiger partial charge in [-0.15, -0.1) is 0 Å². The van der Waals surface area contributed by atoms with Crippen LogP contribution in [-0.2, 0) is 0 Å². The van der Waals surface area contributed by atoms with E-state index in [1.807, 2.05) is 0 Å². The minimum Gasteiger partial charge on any atom is -0.355 e. The van der Waals surface area contributed by atoms with Crippen LogP contribution in [0.25, 0.3) is 11.0 Å². The molecule has 0 amide bonds. The number of rotatable bonds is 5. The van der Waals surface area contributed by atoms with Gasteiger partial charge in [0, 0.05) is 18.7 Å². The van der Waals surface area contributed by atoms with Gasteiger partial charge < -0.3 is 10.3 Å². The zero-order valence-corrected chi connectivity index (χ0v) is 10.8. The molecule has 0 atom stereocenters. The molecule has 1 aliphatic rings. The number of H-pyrrole nitrogens is 1. The predicted octanol–water partition coefficient (Wildman–Crippen LogP) is 3.07. The average Bonchev–Trinajstić information content (AvgIpc) is 3.07. The first kappa shape index (κ1) is 12.0. The van der Waals surface area contributed by atoms with Crippen LogP contribution in [0.5, 0.6) is 0 Å². The number of aromatic nitrogens is 2. The lowest BCUT2D eigenvalue weighted by Gasteiger charge is -2.12. The maximum atomic E-state index is 10.7. The number of nitrogens with one attached hydrogen (secondary N) is 2. The van der Waals surface area contributed by atoms with Crippen molar-refractivity contribution in [2.75, 3.05) is 11.9 Å². The Kier molecular flexibility index (Phi) is 2.66. The van der Waals surface area contributed by atoms with Crippen LogP contribution in [0.4, 0.5) is 11.6 Å². The molecular weight excluding hydrogens is 244 g/mol. The number of aromatic amines is 1. The average molecular weight is 260 g/mol. The summed E-state index contributed by atoms with van der Waals surface area (Å²) in [5, 5.41) is 14.0. The second kappa shape index (κ2) is 4.22. The van der Waals surface area contributed by atoms with Crippen LogP contribution in [0, 0.1) is 15.5 Å². The van der Waals surface area contributed by atoms with Crippen LogP contribution in [0.3, 0.4) is 0 Å². The minimum atomic E-state index is -0.399. The van der Waals surface area contributed by atoms with Gasteiger partial charge in [0.05, 0.1) is 16.0 Å². The quantitative estimate of drug-likeness (QED) is 0.639. The van der Waals surface area contributed by atoms with Crippen molar-refractivity contribution in [3.05, 3.63) is 28.3 Å². The van der Waals surface area contributed by atoms with Gasteiger partial charge in [-0.25, -0.2) is 4.98 Å². The molecule has 2 N–H and O–H groups in total. The Bertz CT molecular complexity index is 631. The molecule has 1 saturated carbocycles. The number of benzene rings is 1. The van der Waals surface area contributed by atoms with Crippen molar-refractivity contribution in [3.63, 3.8) is 0 Å². The Morgan fingerprint density at radius 3 is 2.95 bits per heavy atom. The Balaban J connectivity index is 1.79. The molecule has 1 aromatic carbocycles. The molecule has 1 aliphatic carbocycles. The number of anilines is 1.